The Morgan fingerprint density at radius 2 is 2.11 bits per heavy atom. The number of carbonyl (C=O) groups is 1. The van der Waals surface area contributed by atoms with Gasteiger partial charge in [0.25, 0.3) is 0 Å². The van der Waals surface area contributed by atoms with Crippen molar-refractivity contribution in [2.45, 2.75) is 18.9 Å². The molecule has 3 aromatic rings. The van der Waals surface area contributed by atoms with Crippen LogP contribution in [0, 0.1) is 5.82 Å². The molecule has 11 heteroatoms. The molecule has 5 rings (SSSR count). The monoisotopic (exact) mass is 541 g/mol. The van der Waals surface area contributed by atoms with Gasteiger partial charge in [-0.2, -0.15) is 0 Å². The van der Waals surface area contributed by atoms with Crippen molar-refractivity contribution >= 4 is 45.6 Å². The summed E-state index contributed by atoms with van der Waals surface area (Å²) in [5.41, 5.74) is 1.66. The molecule has 0 bridgehead atoms. The van der Waals surface area contributed by atoms with Gasteiger partial charge in [-0.05, 0) is 30.7 Å². The molecule has 1 atom stereocenters. The molecule has 0 unspecified atom stereocenters. The Balaban J connectivity index is 1.39. The van der Waals surface area contributed by atoms with E-state index in [-0.39, 0.29) is 17.0 Å². The highest BCUT2D eigenvalue weighted by Gasteiger charge is 2.21. The second kappa shape index (κ2) is 12.5. The summed E-state index contributed by atoms with van der Waals surface area (Å²) in [6.07, 6.45) is 6.41. The van der Waals surface area contributed by atoms with Gasteiger partial charge in [0, 0.05) is 55.9 Å². The highest BCUT2D eigenvalue weighted by Crippen LogP contribution is 2.35. The molecule has 2 N–H and O–H groups in total. The Labute approximate surface area is 224 Å². The largest absolute Gasteiger partial charge is 0.486 e. The van der Waals surface area contributed by atoms with E-state index in [9.17, 15) is 9.18 Å². The Kier molecular flexibility index (Phi) is 8.65. The SMILES string of the molecule is O=C(/C=C/CN1CCCOCC1)Nc1cc2c(Nc3ccc(F)c(Cl)c3)ncnc2cc1O[C@H]1CCOC1. The third-order valence-corrected chi connectivity index (χ3v) is 6.60. The standard InChI is InChI=1S/C27H29ClFN5O4/c28-21-13-18(4-5-22(21)29)32-27-20-14-24(33-26(35)3-1-7-34-8-2-10-36-12-9-34)25(15-23(20)30-17-31-27)38-19-6-11-37-16-19/h1,3-5,13-15,17,19H,2,6-12,16H2,(H,33,35)(H,30,31,32)/b3-1+/t19-/m0/s1. The average molecular weight is 542 g/mol. The molecule has 2 fully saturated rings. The van der Waals surface area contributed by atoms with Gasteiger partial charge in [0.1, 0.15) is 29.8 Å². The molecule has 1 amide bonds. The van der Waals surface area contributed by atoms with Gasteiger partial charge in [-0.1, -0.05) is 17.7 Å². The topological polar surface area (TPSA) is 97.8 Å². The Morgan fingerprint density at radius 3 is 2.95 bits per heavy atom. The van der Waals surface area contributed by atoms with Gasteiger partial charge in [-0.25, -0.2) is 14.4 Å². The molecule has 2 aromatic carbocycles. The van der Waals surface area contributed by atoms with E-state index in [1.165, 1.54) is 24.5 Å². The number of rotatable bonds is 8. The fraction of sp³-hybridized carbons (Fsp3) is 0.370. The molecule has 2 saturated heterocycles. The van der Waals surface area contributed by atoms with E-state index < -0.39 is 5.82 Å². The van der Waals surface area contributed by atoms with Gasteiger partial charge in [0.15, 0.2) is 0 Å². The zero-order chi connectivity index (χ0) is 26.3. The smallest absolute Gasteiger partial charge is 0.248 e. The fourth-order valence-electron chi connectivity index (χ4n) is 4.34. The first kappa shape index (κ1) is 26.3. The molecule has 38 heavy (non-hydrogen) atoms. The first-order valence-electron chi connectivity index (χ1n) is 12.6. The molecule has 3 heterocycles. The van der Waals surface area contributed by atoms with Crippen LogP contribution in [0.5, 0.6) is 5.75 Å². The number of hydrogen-bond acceptors (Lipinski definition) is 8. The van der Waals surface area contributed by atoms with E-state index >= 15 is 0 Å². The second-order valence-electron chi connectivity index (χ2n) is 9.10. The number of fused-ring (bicyclic) bond motifs is 1. The molecule has 0 saturated carbocycles. The van der Waals surface area contributed by atoms with Gasteiger partial charge in [0.05, 0.1) is 36.0 Å². The van der Waals surface area contributed by atoms with Crippen molar-refractivity contribution in [2.75, 3.05) is 56.7 Å². The van der Waals surface area contributed by atoms with Crippen LogP contribution in [0.4, 0.5) is 21.6 Å². The van der Waals surface area contributed by atoms with E-state index in [0.29, 0.717) is 60.2 Å². The summed E-state index contributed by atoms with van der Waals surface area (Å²) in [5, 5.41) is 6.74. The number of halogens is 2. The van der Waals surface area contributed by atoms with Gasteiger partial charge >= 0.3 is 0 Å². The maximum absolute atomic E-state index is 13.6. The molecular weight excluding hydrogens is 513 g/mol. The van der Waals surface area contributed by atoms with Crippen LogP contribution in [0.3, 0.4) is 0 Å². The normalized spacial score (nSPS) is 18.5. The third-order valence-electron chi connectivity index (χ3n) is 6.31. The first-order valence-corrected chi connectivity index (χ1v) is 13.0. The maximum Gasteiger partial charge on any atom is 0.248 e. The predicted molar refractivity (Wildman–Crippen MR) is 144 cm³/mol. The van der Waals surface area contributed by atoms with E-state index in [1.807, 2.05) is 6.08 Å². The van der Waals surface area contributed by atoms with Gasteiger partial charge in [0.2, 0.25) is 5.91 Å². The number of nitrogens with zero attached hydrogens (tertiary/aromatic N) is 3. The Morgan fingerprint density at radius 1 is 1.18 bits per heavy atom. The summed E-state index contributed by atoms with van der Waals surface area (Å²) >= 11 is 5.94. The quantitative estimate of drug-likeness (QED) is 0.401. The number of hydrogen-bond donors (Lipinski definition) is 2. The van der Waals surface area contributed by atoms with E-state index in [4.69, 9.17) is 25.8 Å². The summed E-state index contributed by atoms with van der Waals surface area (Å²) in [4.78, 5) is 23.9. The van der Waals surface area contributed by atoms with Crippen LogP contribution in [-0.4, -0.2) is 72.9 Å². The predicted octanol–water partition coefficient (Wildman–Crippen LogP) is 4.55. The number of amides is 1. The minimum atomic E-state index is -0.510. The lowest BCUT2D eigenvalue weighted by Crippen LogP contribution is -2.26. The van der Waals surface area contributed by atoms with Crippen LogP contribution in [-0.2, 0) is 14.3 Å². The molecule has 200 valence electrons. The number of carbonyl (C=O) groups excluding carboxylic acids is 1. The van der Waals surface area contributed by atoms with E-state index in [1.54, 1.807) is 18.2 Å². The molecule has 2 aliphatic heterocycles. The minimum Gasteiger partial charge on any atom is -0.486 e. The first-order chi connectivity index (χ1) is 18.5. The highest BCUT2D eigenvalue weighted by atomic mass is 35.5. The zero-order valence-corrected chi connectivity index (χ0v) is 21.5. The van der Waals surface area contributed by atoms with Crippen molar-refractivity contribution in [1.29, 1.82) is 0 Å². The van der Waals surface area contributed by atoms with Crippen LogP contribution < -0.4 is 15.4 Å². The second-order valence-corrected chi connectivity index (χ2v) is 9.51. The van der Waals surface area contributed by atoms with Gasteiger partial charge in [-0.15, -0.1) is 0 Å². The number of ether oxygens (including phenoxy) is 3. The van der Waals surface area contributed by atoms with Crippen LogP contribution in [0.1, 0.15) is 12.8 Å². The number of nitrogens with one attached hydrogen (secondary N) is 2. The third kappa shape index (κ3) is 6.76. The van der Waals surface area contributed by atoms with E-state index in [2.05, 4.69) is 25.5 Å². The molecule has 2 aliphatic rings. The van der Waals surface area contributed by atoms with Crippen molar-refractivity contribution in [3.63, 3.8) is 0 Å². The fourth-order valence-corrected chi connectivity index (χ4v) is 4.52. The van der Waals surface area contributed by atoms with E-state index in [0.717, 1.165) is 32.5 Å². The Hall–Kier alpha value is -3.31. The average Bonchev–Trinajstić information content (AvgIpc) is 3.28. The lowest BCUT2D eigenvalue weighted by atomic mass is 10.1. The number of anilines is 3. The minimum absolute atomic E-state index is 0.00438. The highest BCUT2D eigenvalue weighted by molar-refractivity contribution is 6.31. The zero-order valence-electron chi connectivity index (χ0n) is 20.8. The lowest BCUT2D eigenvalue weighted by Gasteiger charge is -2.18. The lowest BCUT2D eigenvalue weighted by molar-refractivity contribution is -0.111. The van der Waals surface area contributed by atoms with Crippen LogP contribution >= 0.6 is 11.6 Å². The molecule has 0 spiro atoms. The van der Waals surface area contributed by atoms with Crippen molar-refractivity contribution in [3.8, 4) is 5.75 Å². The summed E-state index contributed by atoms with van der Waals surface area (Å²) in [7, 11) is 0. The van der Waals surface area contributed by atoms with Gasteiger partial charge < -0.3 is 24.8 Å². The summed E-state index contributed by atoms with van der Waals surface area (Å²) in [5.74, 6) is 0.182. The summed E-state index contributed by atoms with van der Waals surface area (Å²) < 4.78 is 30.8. The Bertz CT molecular complexity index is 1310. The van der Waals surface area contributed by atoms with Crippen molar-refractivity contribution in [1.82, 2.24) is 14.9 Å². The van der Waals surface area contributed by atoms with Crippen LogP contribution in [0.15, 0.2) is 48.8 Å². The summed E-state index contributed by atoms with van der Waals surface area (Å²) in [6.45, 7) is 5.02. The molecule has 0 aliphatic carbocycles. The number of aromatic nitrogens is 2. The van der Waals surface area contributed by atoms with Crippen LogP contribution in [0.25, 0.3) is 10.9 Å². The number of benzene rings is 2. The molecular formula is C27H29ClFN5O4. The van der Waals surface area contributed by atoms with Crippen molar-refractivity contribution in [3.05, 3.63) is 59.7 Å². The maximum atomic E-state index is 13.6. The van der Waals surface area contributed by atoms with Gasteiger partial charge in [-0.3, -0.25) is 9.69 Å². The summed E-state index contributed by atoms with van der Waals surface area (Å²) in [6, 6.07) is 7.86. The van der Waals surface area contributed by atoms with Crippen molar-refractivity contribution < 1.29 is 23.4 Å². The van der Waals surface area contributed by atoms with Crippen molar-refractivity contribution in [2.24, 2.45) is 0 Å². The molecule has 0 radical (unpaired) electrons. The molecule has 9 nitrogen and oxygen atoms in total. The molecule has 1 aromatic heterocycles. The van der Waals surface area contributed by atoms with Crippen LogP contribution in [0.2, 0.25) is 5.02 Å².